The van der Waals surface area contributed by atoms with Gasteiger partial charge in [-0.3, -0.25) is 0 Å². The van der Waals surface area contributed by atoms with E-state index in [2.05, 4.69) is 49.8 Å². The standard InChI is InChI=1S/C18H22N6O/c25-12-15-7-9-23(10-8-15)16-3-1-14(2-4-16)11-19-17-5-6-18-21-20-13-24(18)22-17/h1-6,13,15,25H,7-12H2,(H,19,22). The van der Waals surface area contributed by atoms with Crippen LogP contribution in [0.5, 0.6) is 0 Å². The summed E-state index contributed by atoms with van der Waals surface area (Å²) >= 11 is 0. The Hall–Kier alpha value is -2.67. The summed E-state index contributed by atoms with van der Waals surface area (Å²) in [4.78, 5) is 2.39. The van der Waals surface area contributed by atoms with E-state index < -0.39 is 0 Å². The third-order valence-electron chi connectivity index (χ3n) is 4.81. The predicted molar refractivity (Wildman–Crippen MR) is 96.6 cm³/mol. The molecule has 2 aromatic heterocycles. The fraction of sp³-hybridized carbons (Fsp3) is 0.389. The Morgan fingerprint density at radius 1 is 1.08 bits per heavy atom. The molecule has 0 radical (unpaired) electrons. The molecule has 25 heavy (non-hydrogen) atoms. The number of nitrogens with zero attached hydrogens (tertiary/aromatic N) is 5. The minimum atomic E-state index is 0.313. The highest BCUT2D eigenvalue weighted by Gasteiger charge is 2.18. The summed E-state index contributed by atoms with van der Waals surface area (Å²) in [5.74, 6) is 1.26. The van der Waals surface area contributed by atoms with Crippen LogP contribution in [0.25, 0.3) is 5.65 Å². The van der Waals surface area contributed by atoms with Gasteiger partial charge in [-0.2, -0.15) is 4.52 Å². The van der Waals surface area contributed by atoms with Crippen LogP contribution in [0.3, 0.4) is 0 Å². The maximum absolute atomic E-state index is 9.24. The molecule has 7 nitrogen and oxygen atoms in total. The number of aliphatic hydroxyl groups is 1. The lowest BCUT2D eigenvalue weighted by molar-refractivity contribution is 0.203. The van der Waals surface area contributed by atoms with E-state index in [1.807, 2.05) is 12.1 Å². The van der Waals surface area contributed by atoms with Gasteiger partial charge in [-0.1, -0.05) is 12.1 Å². The SMILES string of the molecule is OCC1CCN(c2ccc(CNc3ccc4nncn4n3)cc2)CC1. The van der Waals surface area contributed by atoms with Crippen molar-refractivity contribution >= 4 is 17.2 Å². The topological polar surface area (TPSA) is 78.6 Å². The Bertz CT molecular complexity index is 823. The Morgan fingerprint density at radius 3 is 2.64 bits per heavy atom. The van der Waals surface area contributed by atoms with E-state index in [1.165, 1.54) is 11.3 Å². The second kappa shape index (κ2) is 7.06. The van der Waals surface area contributed by atoms with Crippen molar-refractivity contribution in [3.05, 3.63) is 48.3 Å². The van der Waals surface area contributed by atoms with Crippen molar-refractivity contribution in [2.45, 2.75) is 19.4 Å². The van der Waals surface area contributed by atoms with Crippen molar-refractivity contribution < 1.29 is 5.11 Å². The lowest BCUT2D eigenvalue weighted by Gasteiger charge is -2.33. The number of hydrogen-bond acceptors (Lipinski definition) is 6. The summed E-state index contributed by atoms with van der Waals surface area (Å²) in [6, 6.07) is 12.4. The highest BCUT2D eigenvalue weighted by Crippen LogP contribution is 2.23. The lowest BCUT2D eigenvalue weighted by atomic mass is 9.97. The van der Waals surface area contributed by atoms with Crippen molar-refractivity contribution in [2.75, 3.05) is 29.9 Å². The lowest BCUT2D eigenvalue weighted by Crippen LogP contribution is -2.34. The minimum Gasteiger partial charge on any atom is -0.396 e. The normalized spacial score (nSPS) is 15.6. The van der Waals surface area contributed by atoms with Crippen molar-refractivity contribution in [2.24, 2.45) is 5.92 Å². The van der Waals surface area contributed by atoms with Crippen molar-refractivity contribution in [3.63, 3.8) is 0 Å². The molecule has 0 saturated carbocycles. The number of piperidine rings is 1. The van der Waals surface area contributed by atoms with Gasteiger partial charge in [-0.25, -0.2) is 0 Å². The second-order valence-electron chi connectivity index (χ2n) is 6.49. The molecular weight excluding hydrogens is 316 g/mol. The largest absolute Gasteiger partial charge is 0.396 e. The first-order valence-corrected chi connectivity index (χ1v) is 8.67. The van der Waals surface area contributed by atoms with E-state index in [4.69, 9.17) is 0 Å². The summed E-state index contributed by atoms with van der Waals surface area (Å²) in [5, 5.41) is 24.8. The number of fused-ring (bicyclic) bond motifs is 1. The Morgan fingerprint density at radius 2 is 1.88 bits per heavy atom. The van der Waals surface area contributed by atoms with Gasteiger partial charge in [-0.05, 0) is 48.6 Å². The molecule has 4 rings (SSSR count). The quantitative estimate of drug-likeness (QED) is 0.740. The summed E-state index contributed by atoms with van der Waals surface area (Å²) in [7, 11) is 0. The van der Waals surface area contributed by atoms with E-state index in [9.17, 15) is 5.11 Å². The van der Waals surface area contributed by atoms with Crippen LogP contribution in [0, 0.1) is 5.92 Å². The first kappa shape index (κ1) is 15.8. The van der Waals surface area contributed by atoms with Crippen LogP contribution in [-0.2, 0) is 6.54 Å². The summed E-state index contributed by atoms with van der Waals surface area (Å²) in [6.07, 6.45) is 3.73. The van der Waals surface area contributed by atoms with Gasteiger partial charge in [0.05, 0.1) is 0 Å². The molecule has 0 atom stereocenters. The molecule has 1 fully saturated rings. The van der Waals surface area contributed by atoms with Crippen molar-refractivity contribution in [1.29, 1.82) is 0 Å². The summed E-state index contributed by atoms with van der Waals surface area (Å²) < 4.78 is 1.65. The highest BCUT2D eigenvalue weighted by atomic mass is 16.3. The average Bonchev–Trinajstić information content (AvgIpc) is 3.15. The first-order valence-electron chi connectivity index (χ1n) is 8.67. The molecule has 0 amide bonds. The number of hydrogen-bond donors (Lipinski definition) is 2. The van der Waals surface area contributed by atoms with Gasteiger partial charge >= 0.3 is 0 Å². The van der Waals surface area contributed by atoms with Gasteiger partial charge in [-0.15, -0.1) is 15.3 Å². The zero-order valence-corrected chi connectivity index (χ0v) is 14.0. The van der Waals surface area contributed by atoms with Crippen molar-refractivity contribution in [1.82, 2.24) is 19.8 Å². The minimum absolute atomic E-state index is 0.313. The van der Waals surface area contributed by atoms with Crippen LogP contribution in [-0.4, -0.2) is 44.6 Å². The zero-order chi connectivity index (χ0) is 17.1. The molecule has 3 aromatic rings. The molecule has 7 heteroatoms. The molecule has 1 aliphatic heterocycles. The predicted octanol–water partition coefficient (Wildman–Crippen LogP) is 1.95. The number of anilines is 2. The van der Waals surface area contributed by atoms with Crippen LogP contribution in [0.1, 0.15) is 18.4 Å². The Labute approximate surface area is 146 Å². The van der Waals surface area contributed by atoms with E-state index in [-0.39, 0.29) is 0 Å². The molecule has 0 bridgehead atoms. The number of nitrogens with one attached hydrogen (secondary N) is 1. The fourth-order valence-electron chi connectivity index (χ4n) is 3.21. The highest BCUT2D eigenvalue weighted by molar-refractivity contribution is 5.49. The van der Waals surface area contributed by atoms with Gasteiger partial charge in [0.1, 0.15) is 12.1 Å². The molecule has 1 saturated heterocycles. The van der Waals surface area contributed by atoms with E-state index in [0.29, 0.717) is 19.1 Å². The molecular formula is C18H22N6O. The van der Waals surface area contributed by atoms with Crippen LogP contribution in [0.15, 0.2) is 42.7 Å². The Balaban J connectivity index is 1.35. The number of aromatic nitrogens is 4. The molecule has 3 heterocycles. The zero-order valence-electron chi connectivity index (χ0n) is 14.0. The smallest absolute Gasteiger partial charge is 0.177 e. The molecule has 130 valence electrons. The van der Waals surface area contributed by atoms with E-state index in [1.54, 1.807) is 10.8 Å². The van der Waals surface area contributed by atoms with Gasteiger partial charge in [0.25, 0.3) is 0 Å². The number of rotatable bonds is 5. The summed E-state index contributed by atoms with van der Waals surface area (Å²) in [6.45, 7) is 3.07. The van der Waals surface area contributed by atoms with Gasteiger partial charge in [0, 0.05) is 31.9 Å². The van der Waals surface area contributed by atoms with Gasteiger partial charge in [0.15, 0.2) is 5.65 Å². The monoisotopic (exact) mass is 338 g/mol. The molecule has 0 spiro atoms. The third-order valence-corrected chi connectivity index (χ3v) is 4.81. The summed E-state index contributed by atoms with van der Waals surface area (Å²) in [5.41, 5.74) is 3.20. The first-order chi connectivity index (χ1) is 12.3. The van der Waals surface area contributed by atoms with E-state index >= 15 is 0 Å². The second-order valence-corrected chi connectivity index (χ2v) is 6.49. The average molecular weight is 338 g/mol. The Kier molecular flexibility index (Phi) is 4.47. The number of benzene rings is 1. The number of aliphatic hydroxyl groups excluding tert-OH is 1. The third kappa shape index (κ3) is 3.56. The molecule has 1 aliphatic rings. The maximum Gasteiger partial charge on any atom is 0.177 e. The van der Waals surface area contributed by atoms with E-state index in [0.717, 1.165) is 37.4 Å². The van der Waals surface area contributed by atoms with Gasteiger partial charge in [0.2, 0.25) is 0 Å². The van der Waals surface area contributed by atoms with Crippen LogP contribution in [0.4, 0.5) is 11.5 Å². The molecule has 0 aliphatic carbocycles. The van der Waals surface area contributed by atoms with Crippen LogP contribution in [0.2, 0.25) is 0 Å². The maximum atomic E-state index is 9.24. The van der Waals surface area contributed by atoms with Gasteiger partial charge < -0.3 is 15.3 Å². The van der Waals surface area contributed by atoms with Crippen molar-refractivity contribution in [3.8, 4) is 0 Å². The molecule has 0 unspecified atom stereocenters. The fourth-order valence-corrected chi connectivity index (χ4v) is 3.21. The molecule has 2 N–H and O–H groups in total. The molecule has 1 aromatic carbocycles. The van der Waals surface area contributed by atoms with Crippen LogP contribution >= 0.6 is 0 Å². The van der Waals surface area contributed by atoms with Crippen LogP contribution < -0.4 is 10.2 Å².